The lowest BCUT2D eigenvalue weighted by Crippen LogP contribution is -2.22. The van der Waals surface area contributed by atoms with E-state index in [2.05, 4.69) is 10.3 Å². The molecule has 0 amide bonds. The topological polar surface area (TPSA) is 34.1 Å². The van der Waals surface area contributed by atoms with Crippen LogP contribution in [0.1, 0.15) is 18.1 Å². The summed E-state index contributed by atoms with van der Waals surface area (Å²) in [6, 6.07) is 9.74. The fraction of sp³-hybridized carbons (Fsp3) is 0.312. The van der Waals surface area contributed by atoms with Crippen LogP contribution in [0.3, 0.4) is 0 Å². The van der Waals surface area contributed by atoms with E-state index in [1.807, 2.05) is 30.3 Å². The summed E-state index contributed by atoms with van der Waals surface area (Å²) in [6.07, 6.45) is 0.383. The highest BCUT2D eigenvalue weighted by molar-refractivity contribution is 5.22. The van der Waals surface area contributed by atoms with E-state index in [1.54, 1.807) is 0 Å². The molecular weight excluding hydrogens is 293 g/mol. The molecule has 2 heterocycles. The molecule has 0 spiro atoms. The maximum Gasteiger partial charge on any atom is 0.253 e. The van der Waals surface area contributed by atoms with Crippen molar-refractivity contribution in [2.24, 2.45) is 5.92 Å². The van der Waals surface area contributed by atoms with Crippen LogP contribution in [0.4, 0.5) is 13.2 Å². The summed E-state index contributed by atoms with van der Waals surface area (Å²) in [4.78, 5) is 3.25. The minimum Gasteiger partial charge on any atom is -0.467 e. The molecule has 2 atom stereocenters. The Morgan fingerprint density at radius 3 is 2.59 bits per heavy atom. The first kappa shape index (κ1) is 14.8. The maximum absolute atomic E-state index is 13.8. The first-order valence-corrected chi connectivity index (χ1v) is 7.09. The number of nitrogens with one attached hydrogen (secondary N) is 1. The summed E-state index contributed by atoms with van der Waals surface area (Å²) in [6.45, 7) is 1.55. The first-order valence-electron chi connectivity index (χ1n) is 7.09. The largest absolute Gasteiger partial charge is 0.467 e. The number of benzene rings is 1. The number of aromatic nitrogens is 1. The number of nitrogens with zero attached hydrogens (tertiary/aromatic N) is 1. The van der Waals surface area contributed by atoms with Crippen molar-refractivity contribution in [3.05, 3.63) is 59.5 Å². The van der Waals surface area contributed by atoms with Crippen LogP contribution in [0.25, 0.3) is 0 Å². The zero-order chi connectivity index (χ0) is 15.5. The molecule has 3 nitrogen and oxygen atoms in total. The van der Waals surface area contributed by atoms with Crippen LogP contribution in [-0.4, -0.2) is 18.1 Å². The summed E-state index contributed by atoms with van der Waals surface area (Å²) < 4.78 is 45.6. The van der Waals surface area contributed by atoms with Gasteiger partial charge in [0.05, 0.1) is 0 Å². The molecule has 6 heteroatoms. The Labute approximate surface area is 126 Å². The molecule has 3 rings (SSSR count). The van der Waals surface area contributed by atoms with Gasteiger partial charge in [-0.05, 0) is 18.5 Å². The van der Waals surface area contributed by atoms with Crippen molar-refractivity contribution in [3.8, 4) is 5.88 Å². The van der Waals surface area contributed by atoms with Crippen molar-refractivity contribution in [2.75, 3.05) is 13.1 Å². The molecule has 1 fully saturated rings. The fourth-order valence-electron chi connectivity index (χ4n) is 2.65. The quantitative estimate of drug-likeness (QED) is 0.881. The molecule has 0 unspecified atom stereocenters. The average Bonchev–Trinajstić information content (AvgIpc) is 3.04. The third kappa shape index (κ3) is 3.06. The van der Waals surface area contributed by atoms with Crippen LogP contribution in [0.15, 0.2) is 36.4 Å². The van der Waals surface area contributed by atoms with Gasteiger partial charge >= 0.3 is 0 Å². The Kier molecular flexibility index (Phi) is 4.29. The normalized spacial score (nSPS) is 19.1. The van der Waals surface area contributed by atoms with Gasteiger partial charge in [0.15, 0.2) is 11.6 Å². The Balaban J connectivity index is 1.92. The van der Waals surface area contributed by atoms with Gasteiger partial charge in [-0.3, -0.25) is 0 Å². The molecule has 2 aromatic rings. The minimum atomic E-state index is -1.37. The minimum absolute atomic E-state index is 0.108. The average molecular weight is 308 g/mol. The van der Waals surface area contributed by atoms with Crippen molar-refractivity contribution in [3.63, 3.8) is 0 Å². The van der Waals surface area contributed by atoms with E-state index < -0.39 is 29.6 Å². The third-order valence-corrected chi connectivity index (χ3v) is 3.75. The fourth-order valence-corrected chi connectivity index (χ4v) is 2.65. The van der Waals surface area contributed by atoms with Gasteiger partial charge in [0.25, 0.3) is 11.8 Å². The van der Waals surface area contributed by atoms with Gasteiger partial charge in [-0.2, -0.15) is 9.37 Å². The zero-order valence-electron chi connectivity index (χ0n) is 11.7. The first-order chi connectivity index (χ1) is 10.6. The van der Waals surface area contributed by atoms with Crippen LogP contribution < -0.4 is 10.1 Å². The van der Waals surface area contributed by atoms with Crippen molar-refractivity contribution in [1.82, 2.24) is 10.3 Å². The number of hydrogen-bond acceptors (Lipinski definition) is 3. The van der Waals surface area contributed by atoms with Crippen molar-refractivity contribution >= 4 is 0 Å². The smallest absolute Gasteiger partial charge is 0.253 e. The molecule has 0 radical (unpaired) electrons. The Bertz CT molecular complexity index is 645. The second-order valence-corrected chi connectivity index (χ2v) is 5.25. The molecule has 0 aliphatic carbocycles. The Morgan fingerprint density at radius 1 is 1.14 bits per heavy atom. The summed E-state index contributed by atoms with van der Waals surface area (Å²) >= 11 is 0. The number of rotatable bonds is 4. The van der Waals surface area contributed by atoms with Gasteiger partial charge < -0.3 is 10.1 Å². The molecule has 22 heavy (non-hydrogen) atoms. The standard InChI is InChI=1S/C16H15F3N2O/c17-12-8-13(18)16(21-15(12)19)22-14(11-6-7-20-9-11)10-4-2-1-3-5-10/h1-5,8,11,14,20H,6-7,9H2/t11-,14-/m0/s1. The number of hydrogen-bond donors (Lipinski definition) is 1. The van der Waals surface area contributed by atoms with E-state index in [4.69, 9.17) is 4.74 Å². The highest BCUT2D eigenvalue weighted by Crippen LogP contribution is 2.32. The zero-order valence-corrected chi connectivity index (χ0v) is 11.7. The number of halogens is 3. The Morgan fingerprint density at radius 2 is 1.91 bits per heavy atom. The van der Waals surface area contributed by atoms with E-state index in [0.717, 1.165) is 18.5 Å². The highest BCUT2D eigenvalue weighted by atomic mass is 19.2. The molecular formula is C16H15F3N2O. The molecule has 0 saturated carbocycles. The van der Waals surface area contributed by atoms with E-state index in [1.165, 1.54) is 0 Å². The predicted octanol–water partition coefficient (Wildman–Crippen LogP) is 3.23. The highest BCUT2D eigenvalue weighted by Gasteiger charge is 2.29. The van der Waals surface area contributed by atoms with Gasteiger partial charge in [0.1, 0.15) is 6.10 Å². The molecule has 1 saturated heterocycles. The SMILES string of the molecule is Fc1cc(F)c(O[C@@H](c2ccccc2)[C@H]2CCNC2)nc1F. The molecule has 1 aromatic carbocycles. The molecule has 116 valence electrons. The van der Waals surface area contributed by atoms with E-state index in [9.17, 15) is 13.2 Å². The molecule has 1 N–H and O–H groups in total. The summed E-state index contributed by atoms with van der Waals surface area (Å²) in [7, 11) is 0. The second kappa shape index (κ2) is 6.36. The van der Waals surface area contributed by atoms with Gasteiger partial charge in [0.2, 0.25) is 0 Å². The third-order valence-electron chi connectivity index (χ3n) is 3.75. The van der Waals surface area contributed by atoms with E-state index in [-0.39, 0.29) is 5.92 Å². The van der Waals surface area contributed by atoms with Crippen molar-refractivity contribution in [1.29, 1.82) is 0 Å². The summed E-state index contributed by atoms with van der Waals surface area (Å²) in [5.41, 5.74) is 0.849. The molecule has 1 aliphatic rings. The molecule has 0 bridgehead atoms. The van der Waals surface area contributed by atoms with Gasteiger partial charge in [-0.15, -0.1) is 0 Å². The van der Waals surface area contributed by atoms with Crippen LogP contribution in [0.5, 0.6) is 5.88 Å². The molecule has 1 aromatic heterocycles. The maximum atomic E-state index is 13.8. The van der Waals surface area contributed by atoms with Crippen molar-refractivity contribution < 1.29 is 17.9 Å². The monoisotopic (exact) mass is 308 g/mol. The van der Waals surface area contributed by atoms with Gasteiger partial charge in [-0.1, -0.05) is 30.3 Å². The van der Waals surface area contributed by atoms with Crippen molar-refractivity contribution in [2.45, 2.75) is 12.5 Å². The van der Waals surface area contributed by atoms with Gasteiger partial charge in [0, 0.05) is 18.5 Å². The second-order valence-electron chi connectivity index (χ2n) is 5.25. The summed E-state index contributed by atoms with van der Waals surface area (Å²) in [5, 5.41) is 3.22. The van der Waals surface area contributed by atoms with Crippen LogP contribution in [0, 0.1) is 23.5 Å². The lowest BCUT2D eigenvalue weighted by Gasteiger charge is -2.24. The number of ether oxygens (including phenoxy) is 1. The Hall–Kier alpha value is -2.08. The number of pyridine rings is 1. The van der Waals surface area contributed by atoms with E-state index >= 15 is 0 Å². The van der Waals surface area contributed by atoms with Crippen LogP contribution >= 0.6 is 0 Å². The van der Waals surface area contributed by atoms with Crippen LogP contribution in [-0.2, 0) is 0 Å². The molecule has 1 aliphatic heterocycles. The van der Waals surface area contributed by atoms with E-state index in [0.29, 0.717) is 12.6 Å². The lowest BCUT2D eigenvalue weighted by molar-refractivity contribution is 0.129. The van der Waals surface area contributed by atoms with Crippen LogP contribution in [0.2, 0.25) is 0 Å². The van der Waals surface area contributed by atoms with Gasteiger partial charge in [-0.25, -0.2) is 8.78 Å². The summed E-state index contributed by atoms with van der Waals surface area (Å²) in [5.74, 6) is -4.11. The lowest BCUT2D eigenvalue weighted by atomic mass is 9.95. The predicted molar refractivity (Wildman–Crippen MR) is 74.9 cm³/mol.